The van der Waals surface area contributed by atoms with E-state index in [1.807, 2.05) is 45.0 Å². The van der Waals surface area contributed by atoms with Gasteiger partial charge >= 0.3 is 5.97 Å². The number of anilines is 1. The van der Waals surface area contributed by atoms with E-state index in [4.69, 9.17) is 32.9 Å². The van der Waals surface area contributed by atoms with E-state index in [0.717, 1.165) is 60.9 Å². The number of rotatable bonds is 7. The lowest BCUT2D eigenvalue weighted by atomic mass is 9.95. The van der Waals surface area contributed by atoms with Crippen LogP contribution in [0.5, 0.6) is 5.75 Å². The van der Waals surface area contributed by atoms with E-state index in [-0.39, 0.29) is 17.5 Å². The maximum Gasteiger partial charge on any atom is 0.336 e. The van der Waals surface area contributed by atoms with Gasteiger partial charge in [0.05, 0.1) is 45.6 Å². The summed E-state index contributed by atoms with van der Waals surface area (Å²) in [5, 5.41) is 12.6. The zero-order valence-corrected chi connectivity index (χ0v) is 28.6. The quantitative estimate of drug-likeness (QED) is 0.168. The van der Waals surface area contributed by atoms with E-state index < -0.39 is 5.97 Å². The number of halogens is 2. The zero-order chi connectivity index (χ0) is 34.1. The summed E-state index contributed by atoms with van der Waals surface area (Å²) in [6.07, 6.45) is 4.96. The fraction of sp³-hybridized carbons (Fsp3) is 0.237. The highest BCUT2D eigenvalue weighted by atomic mass is 35.5. The summed E-state index contributed by atoms with van der Waals surface area (Å²) in [6, 6.07) is 14.3. The number of carboxylic acids is 1. The minimum Gasteiger partial charge on any atom is -0.494 e. The second-order valence-electron chi connectivity index (χ2n) is 12.7. The Morgan fingerprint density at radius 1 is 1.00 bits per heavy atom. The van der Waals surface area contributed by atoms with E-state index in [2.05, 4.69) is 14.5 Å². The van der Waals surface area contributed by atoms with Crippen molar-refractivity contribution in [1.29, 1.82) is 0 Å². The van der Waals surface area contributed by atoms with Gasteiger partial charge in [-0.15, -0.1) is 0 Å². The number of fused-ring (bicyclic) bond motifs is 3. The summed E-state index contributed by atoms with van der Waals surface area (Å²) in [7, 11) is 0. The Balaban J connectivity index is 1.28. The summed E-state index contributed by atoms with van der Waals surface area (Å²) >= 11 is 13.4. The first-order chi connectivity index (χ1) is 23.6. The molecule has 0 saturated carbocycles. The Kier molecular flexibility index (Phi) is 7.57. The molecule has 0 spiro atoms. The number of benzene rings is 3. The van der Waals surface area contributed by atoms with Crippen LogP contribution in [-0.4, -0.2) is 49.7 Å². The number of hydrogen-bond donors (Lipinski definition) is 1. The first-order valence-electron chi connectivity index (χ1n) is 16.1. The molecule has 2 aliphatic rings. The number of carbonyl (C=O) groups is 2. The Bertz CT molecular complexity index is 2360. The predicted octanol–water partition coefficient (Wildman–Crippen LogP) is 8.35. The molecule has 246 valence electrons. The van der Waals surface area contributed by atoms with Crippen LogP contribution in [0.3, 0.4) is 0 Å². The highest BCUT2D eigenvalue weighted by Gasteiger charge is 2.41. The molecule has 0 unspecified atom stereocenters. The molecule has 49 heavy (non-hydrogen) atoms. The second kappa shape index (κ2) is 11.9. The molecular formula is C38H31Cl2N5O4. The van der Waals surface area contributed by atoms with Crippen molar-refractivity contribution in [3.63, 3.8) is 0 Å². The number of carboxylic acid groups (broad SMARTS) is 1. The van der Waals surface area contributed by atoms with Gasteiger partial charge in [-0.05, 0) is 86.7 Å². The van der Waals surface area contributed by atoms with Crippen molar-refractivity contribution >= 4 is 62.6 Å². The summed E-state index contributed by atoms with van der Waals surface area (Å²) in [5.74, 6) is -0.480. The fourth-order valence-corrected chi connectivity index (χ4v) is 7.97. The topological polar surface area (TPSA) is 110 Å². The van der Waals surface area contributed by atoms with E-state index in [9.17, 15) is 14.7 Å². The van der Waals surface area contributed by atoms with E-state index >= 15 is 0 Å². The zero-order valence-electron chi connectivity index (χ0n) is 27.1. The van der Waals surface area contributed by atoms with Crippen LogP contribution in [0.4, 0.5) is 5.69 Å². The van der Waals surface area contributed by atoms with Crippen LogP contribution in [0.25, 0.3) is 32.9 Å². The average molecular weight is 693 g/mol. The minimum atomic E-state index is -1.05. The second-order valence-corrected chi connectivity index (χ2v) is 13.5. The van der Waals surface area contributed by atoms with Crippen LogP contribution < -0.4 is 9.64 Å². The van der Waals surface area contributed by atoms with Gasteiger partial charge < -0.3 is 19.3 Å². The van der Waals surface area contributed by atoms with Gasteiger partial charge in [-0.25, -0.2) is 14.8 Å². The minimum absolute atomic E-state index is 0.132. The van der Waals surface area contributed by atoms with Gasteiger partial charge in [-0.2, -0.15) is 0 Å². The van der Waals surface area contributed by atoms with Gasteiger partial charge in [-0.3, -0.25) is 9.78 Å². The van der Waals surface area contributed by atoms with E-state index in [0.29, 0.717) is 59.7 Å². The monoisotopic (exact) mass is 691 g/mol. The SMILES string of the molecule is Cc1cc(OCCCc2c3n4c5c(c(Cl)ccc25)-c2c(C)ncnc2C[C@@H]4CN(c2ccc(C(=O)O)c4cccnc24)C3=O)cc(C)c1Cl. The predicted molar refractivity (Wildman–Crippen MR) is 191 cm³/mol. The lowest BCUT2D eigenvalue weighted by molar-refractivity contribution is 0.0699. The lowest BCUT2D eigenvalue weighted by Gasteiger charge is -2.35. The van der Waals surface area contributed by atoms with Gasteiger partial charge in [0.2, 0.25) is 0 Å². The van der Waals surface area contributed by atoms with Gasteiger partial charge in [0.1, 0.15) is 17.8 Å². The molecule has 6 aromatic rings. The molecule has 1 amide bonds. The maximum absolute atomic E-state index is 14.9. The number of ether oxygens (including phenoxy) is 1. The van der Waals surface area contributed by atoms with E-state index in [1.54, 1.807) is 41.7 Å². The summed E-state index contributed by atoms with van der Waals surface area (Å²) in [4.78, 5) is 42.6. The van der Waals surface area contributed by atoms with Crippen LogP contribution in [0.15, 0.2) is 61.1 Å². The molecule has 3 aromatic heterocycles. The van der Waals surface area contributed by atoms with Gasteiger partial charge in [-0.1, -0.05) is 35.3 Å². The first-order valence-corrected chi connectivity index (χ1v) is 16.9. The molecule has 0 bridgehead atoms. The van der Waals surface area contributed by atoms with Gasteiger partial charge in [0, 0.05) is 51.8 Å². The molecule has 0 fully saturated rings. The summed E-state index contributed by atoms with van der Waals surface area (Å²) in [5.41, 5.74) is 8.88. The molecule has 0 saturated heterocycles. The molecule has 1 atom stereocenters. The van der Waals surface area contributed by atoms with Crippen LogP contribution in [0.1, 0.15) is 61.4 Å². The summed E-state index contributed by atoms with van der Waals surface area (Å²) < 4.78 is 8.34. The Labute approximate surface area is 292 Å². The van der Waals surface area contributed by atoms with Crippen molar-refractivity contribution in [3.05, 3.63) is 110 Å². The van der Waals surface area contributed by atoms with Gasteiger partial charge in [0.15, 0.2) is 0 Å². The molecule has 11 heteroatoms. The molecule has 0 aliphatic carbocycles. The molecule has 2 aliphatic heterocycles. The number of pyridine rings is 1. The number of aryl methyl sites for hydroxylation is 4. The summed E-state index contributed by atoms with van der Waals surface area (Å²) in [6.45, 7) is 6.65. The smallest absolute Gasteiger partial charge is 0.336 e. The van der Waals surface area contributed by atoms with Crippen molar-refractivity contribution in [2.45, 2.75) is 46.1 Å². The number of nitrogens with zero attached hydrogens (tertiary/aromatic N) is 5. The highest BCUT2D eigenvalue weighted by Crippen LogP contribution is 2.48. The number of amides is 1. The van der Waals surface area contributed by atoms with Crippen LogP contribution >= 0.6 is 23.2 Å². The van der Waals surface area contributed by atoms with Crippen molar-refractivity contribution in [3.8, 4) is 16.9 Å². The molecule has 8 rings (SSSR count). The Morgan fingerprint density at radius 2 is 1.80 bits per heavy atom. The van der Waals surface area contributed by atoms with Crippen molar-refractivity contribution < 1.29 is 19.4 Å². The average Bonchev–Trinajstić information content (AvgIpc) is 3.32. The van der Waals surface area contributed by atoms with Crippen molar-refractivity contribution in [2.75, 3.05) is 18.1 Å². The van der Waals surface area contributed by atoms with E-state index in [1.165, 1.54) is 0 Å². The molecule has 3 aromatic carbocycles. The molecule has 0 radical (unpaired) electrons. The van der Waals surface area contributed by atoms with Crippen molar-refractivity contribution in [2.24, 2.45) is 0 Å². The number of hydrogen-bond acceptors (Lipinski definition) is 6. The Morgan fingerprint density at radius 3 is 2.57 bits per heavy atom. The van der Waals surface area contributed by atoms with Crippen LogP contribution in [-0.2, 0) is 12.8 Å². The third-order valence-corrected chi connectivity index (χ3v) is 10.7. The van der Waals surface area contributed by atoms with Crippen LogP contribution in [0, 0.1) is 20.8 Å². The van der Waals surface area contributed by atoms with Gasteiger partial charge in [0.25, 0.3) is 5.91 Å². The normalized spacial score (nSPS) is 15.1. The maximum atomic E-state index is 14.9. The molecule has 5 heterocycles. The Hall–Kier alpha value is -4.99. The van der Waals surface area contributed by atoms with Crippen molar-refractivity contribution in [1.82, 2.24) is 19.5 Å². The number of aromatic carboxylic acids is 1. The number of carbonyl (C=O) groups excluding carboxylic acids is 1. The highest BCUT2D eigenvalue weighted by molar-refractivity contribution is 6.35. The third kappa shape index (κ3) is 4.94. The fourth-order valence-electron chi connectivity index (χ4n) is 7.62. The molecule has 9 nitrogen and oxygen atoms in total. The largest absolute Gasteiger partial charge is 0.494 e. The molecular weight excluding hydrogens is 661 g/mol. The van der Waals surface area contributed by atoms with Crippen LogP contribution in [0.2, 0.25) is 10.0 Å². The standard InChI is InChI=1S/C38H31Cl2N5O4/c1-19-14-23(15-20(2)33(19)40)49-13-5-7-25-26-8-10-28(39)32-31-21(3)42-18-43-29(31)16-22-17-44(37(46)36(25)45(22)35(26)32)30-11-9-27(38(47)48)24-6-4-12-41-34(24)30/h4,6,8-12,14-15,18,22H,5,7,13,16-17H2,1-3H3,(H,47,48)/t22-/m1/s1. The third-order valence-electron chi connectivity index (χ3n) is 9.74. The molecule has 1 N–H and O–H groups in total. The number of aromatic nitrogens is 4. The first kappa shape index (κ1) is 31.3. The lowest BCUT2D eigenvalue weighted by Crippen LogP contribution is -2.44.